The van der Waals surface area contributed by atoms with Crippen LogP contribution in [0.2, 0.25) is 5.02 Å². The number of nitrogens with zero attached hydrogens (tertiary/aromatic N) is 2. The molecule has 0 aliphatic carbocycles. The number of benzene rings is 1. The molecule has 2 atom stereocenters. The summed E-state index contributed by atoms with van der Waals surface area (Å²) >= 11 is 5.94. The lowest BCUT2D eigenvalue weighted by Gasteiger charge is -2.29. The number of carbonyl (C=O) groups is 2. The smallest absolute Gasteiger partial charge is 0.325 e. The maximum atomic E-state index is 12.7. The van der Waals surface area contributed by atoms with Crippen LogP contribution >= 0.6 is 11.6 Å². The van der Waals surface area contributed by atoms with E-state index in [4.69, 9.17) is 16.7 Å². The highest BCUT2D eigenvalue weighted by molar-refractivity contribution is 6.30. The Kier molecular flexibility index (Phi) is 4.73. The average Bonchev–Trinajstić information content (AvgIpc) is 2.74. The first kappa shape index (κ1) is 15.6. The Balaban J connectivity index is 2.27. The Hall–Kier alpha value is -1.75. The first-order chi connectivity index (χ1) is 9.88. The number of aliphatic carboxylic acids is 1. The van der Waals surface area contributed by atoms with E-state index in [0.29, 0.717) is 23.2 Å². The number of hydrogen-bond donors (Lipinski definition) is 1. The van der Waals surface area contributed by atoms with E-state index >= 15 is 0 Å². The highest BCUT2D eigenvalue weighted by atomic mass is 35.5. The summed E-state index contributed by atoms with van der Waals surface area (Å²) in [6.45, 7) is 4.34. The van der Waals surface area contributed by atoms with E-state index in [1.165, 1.54) is 4.90 Å². The van der Waals surface area contributed by atoms with Crippen LogP contribution in [0.25, 0.3) is 0 Å². The number of halogens is 1. The summed E-state index contributed by atoms with van der Waals surface area (Å²) < 4.78 is 0. The maximum absolute atomic E-state index is 12.7. The van der Waals surface area contributed by atoms with Crippen LogP contribution in [0, 0.1) is 5.92 Å². The minimum absolute atomic E-state index is 0.114. The van der Waals surface area contributed by atoms with Gasteiger partial charge in [-0.25, -0.2) is 4.79 Å². The fraction of sp³-hybridized carbons (Fsp3) is 0.467. The Labute approximate surface area is 129 Å². The standard InChI is InChI=1S/C15H19ClN2O3/c1-10-6-11(2)17(8-10)15(21)18(9-14(19)20)13-5-3-4-12(16)7-13/h3-5,7,10-11H,6,8-9H2,1-2H3,(H,19,20). The zero-order chi connectivity index (χ0) is 15.6. The SMILES string of the molecule is CC1CC(C)N(C(=O)N(CC(=O)O)c2cccc(Cl)c2)C1. The highest BCUT2D eigenvalue weighted by Crippen LogP contribution is 2.26. The molecule has 0 aromatic heterocycles. The molecule has 21 heavy (non-hydrogen) atoms. The van der Waals surface area contributed by atoms with E-state index in [1.54, 1.807) is 29.2 Å². The fourth-order valence-electron chi connectivity index (χ4n) is 2.77. The summed E-state index contributed by atoms with van der Waals surface area (Å²) in [4.78, 5) is 26.8. The van der Waals surface area contributed by atoms with Crippen molar-refractivity contribution in [3.63, 3.8) is 0 Å². The van der Waals surface area contributed by atoms with E-state index in [9.17, 15) is 9.59 Å². The molecule has 2 rings (SSSR count). The van der Waals surface area contributed by atoms with E-state index in [-0.39, 0.29) is 18.6 Å². The van der Waals surface area contributed by atoms with Gasteiger partial charge in [-0.15, -0.1) is 0 Å². The van der Waals surface area contributed by atoms with Crippen LogP contribution in [0.15, 0.2) is 24.3 Å². The molecule has 2 unspecified atom stereocenters. The van der Waals surface area contributed by atoms with Crippen LogP contribution in [0.5, 0.6) is 0 Å². The number of anilines is 1. The van der Waals surface area contributed by atoms with Crippen molar-refractivity contribution in [3.8, 4) is 0 Å². The number of amides is 2. The maximum Gasteiger partial charge on any atom is 0.325 e. The minimum Gasteiger partial charge on any atom is -0.480 e. The monoisotopic (exact) mass is 310 g/mol. The Morgan fingerprint density at radius 3 is 2.67 bits per heavy atom. The van der Waals surface area contributed by atoms with E-state index in [1.807, 2.05) is 6.92 Å². The quantitative estimate of drug-likeness (QED) is 0.933. The third-order valence-corrected chi connectivity index (χ3v) is 3.91. The van der Waals surface area contributed by atoms with Crippen molar-refractivity contribution in [3.05, 3.63) is 29.3 Å². The number of hydrogen-bond acceptors (Lipinski definition) is 2. The predicted molar refractivity (Wildman–Crippen MR) is 81.8 cm³/mol. The first-order valence-corrected chi connectivity index (χ1v) is 7.31. The third kappa shape index (κ3) is 3.67. The molecular formula is C15H19ClN2O3. The predicted octanol–water partition coefficient (Wildman–Crippen LogP) is 3.08. The molecule has 1 aliphatic rings. The van der Waals surface area contributed by atoms with Crippen molar-refractivity contribution in [1.82, 2.24) is 4.90 Å². The molecular weight excluding hydrogens is 292 g/mol. The van der Waals surface area contributed by atoms with Gasteiger partial charge in [-0.05, 0) is 37.5 Å². The van der Waals surface area contributed by atoms with Crippen molar-refractivity contribution in [2.75, 3.05) is 18.0 Å². The first-order valence-electron chi connectivity index (χ1n) is 6.94. The second-order valence-electron chi connectivity index (χ2n) is 5.58. The topological polar surface area (TPSA) is 60.9 Å². The van der Waals surface area contributed by atoms with Gasteiger partial charge in [-0.3, -0.25) is 9.69 Å². The molecule has 1 heterocycles. The van der Waals surface area contributed by atoms with Crippen molar-refractivity contribution in [2.45, 2.75) is 26.3 Å². The Bertz CT molecular complexity index is 549. The number of likely N-dealkylation sites (tertiary alicyclic amines) is 1. The zero-order valence-corrected chi connectivity index (χ0v) is 12.9. The summed E-state index contributed by atoms with van der Waals surface area (Å²) in [6, 6.07) is 6.52. The van der Waals surface area contributed by atoms with Gasteiger partial charge in [-0.1, -0.05) is 24.6 Å². The van der Waals surface area contributed by atoms with Gasteiger partial charge in [0.2, 0.25) is 0 Å². The van der Waals surface area contributed by atoms with E-state index in [2.05, 4.69) is 6.92 Å². The summed E-state index contributed by atoms with van der Waals surface area (Å²) in [6.07, 6.45) is 0.933. The third-order valence-electron chi connectivity index (χ3n) is 3.67. The molecule has 114 valence electrons. The number of carbonyl (C=O) groups excluding carboxylic acids is 1. The molecule has 1 aromatic carbocycles. The number of carboxylic acids is 1. The van der Waals surface area contributed by atoms with Gasteiger partial charge >= 0.3 is 12.0 Å². The molecule has 1 fully saturated rings. The summed E-state index contributed by atoms with van der Waals surface area (Å²) in [5.74, 6) is -0.627. The van der Waals surface area contributed by atoms with Gasteiger partial charge in [-0.2, -0.15) is 0 Å². The van der Waals surface area contributed by atoms with Crippen LogP contribution in [-0.4, -0.2) is 41.1 Å². The average molecular weight is 311 g/mol. The van der Waals surface area contributed by atoms with Crippen LogP contribution in [0.4, 0.5) is 10.5 Å². The zero-order valence-electron chi connectivity index (χ0n) is 12.1. The van der Waals surface area contributed by atoms with Gasteiger partial charge < -0.3 is 10.0 Å². The number of urea groups is 1. The molecule has 1 aliphatic heterocycles. The molecule has 1 aromatic rings. The molecule has 6 heteroatoms. The van der Waals surface area contributed by atoms with Gasteiger partial charge in [0.1, 0.15) is 6.54 Å². The largest absolute Gasteiger partial charge is 0.480 e. The summed E-state index contributed by atoms with van der Waals surface area (Å²) in [5.41, 5.74) is 0.502. The lowest BCUT2D eigenvalue weighted by atomic mass is 10.1. The van der Waals surface area contributed by atoms with E-state index in [0.717, 1.165) is 6.42 Å². The van der Waals surface area contributed by atoms with Gasteiger partial charge in [0, 0.05) is 23.3 Å². The summed E-state index contributed by atoms with van der Waals surface area (Å²) in [7, 11) is 0. The molecule has 1 N–H and O–H groups in total. The van der Waals surface area contributed by atoms with Crippen molar-refractivity contribution in [1.29, 1.82) is 0 Å². The number of carboxylic acid groups (broad SMARTS) is 1. The minimum atomic E-state index is -1.05. The van der Waals surface area contributed by atoms with Crippen molar-refractivity contribution in [2.24, 2.45) is 5.92 Å². The molecule has 0 radical (unpaired) electrons. The molecule has 0 saturated carbocycles. The van der Waals surface area contributed by atoms with Crippen molar-refractivity contribution >= 4 is 29.3 Å². The molecule has 0 spiro atoms. The van der Waals surface area contributed by atoms with Gasteiger partial charge in [0.15, 0.2) is 0 Å². The van der Waals surface area contributed by atoms with Crippen LogP contribution in [0.1, 0.15) is 20.3 Å². The Morgan fingerprint density at radius 2 is 2.14 bits per heavy atom. The van der Waals surface area contributed by atoms with Crippen LogP contribution < -0.4 is 4.90 Å². The van der Waals surface area contributed by atoms with Crippen molar-refractivity contribution < 1.29 is 14.7 Å². The Morgan fingerprint density at radius 1 is 1.43 bits per heavy atom. The van der Waals surface area contributed by atoms with E-state index < -0.39 is 5.97 Å². The molecule has 1 saturated heterocycles. The van der Waals surface area contributed by atoms with Crippen LogP contribution in [-0.2, 0) is 4.79 Å². The second kappa shape index (κ2) is 6.35. The highest BCUT2D eigenvalue weighted by Gasteiger charge is 2.34. The molecule has 0 bridgehead atoms. The second-order valence-corrected chi connectivity index (χ2v) is 6.02. The van der Waals surface area contributed by atoms with Gasteiger partial charge in [0.05, 0.1) is 0 Å². The summed E-state index contributed by atoms with van der Waals surface area (Å²) in [5, 5.41) is 9.55. The number of rotatable bonds is 3. The lowest BCUT2D eigenvalue weighted by molar-refractivity contribution is -0.135. The van der Waals surface area contributed by atoms with Gasteiger partial charge in [0.25, 0.3) is 0 Å². The lowest BCUT2D eigenvalue weighted by Crippen LogP contribution is -2.47. The fourth-order valence-corrected chi connectivity index (χ4v) is 2.95. The molecule has 5 nitrogen and oxygen atoms in total. The van der Waals surface area contributed by atoms with Crippen LogP contribution in [0.3, 0.4) is 0 Å². The normalized spacial score (nSPS) is 21.4. The molecule has 2 amide bonds.